The summed E-state index contributed by atoms with van der Waals surface area (Å²) in [5, 5.41) is 10.3. The fraction of sp³-hybridized carbons (Fsp3) is 0.214. The van der Waals surface area contributed by atoms with E-state index in [1.807, 2.05) is 6.92 Å². The zero-order valence-electron chi connectivity index (χ0n) is 11.2. The number of carboxylic acids is 1. The van der Waals surface area contributed by atoms with Crippen molar-refractivity contribution < 1.29 is 19.4 Å². The lowest BCUT2D eigenvalue weighted by Gasteiger charge is -2.09. The second kappa shape index (κ2) is 6.73. The van der Waals surface area contributed by atoms with Gasteiger partial charge in [-0.15, -0.1) is 0 Å². The van der Waals surface area contributed by atoms with Crippen LogP contribution >= 0.6 is 24.0 Å². The summed E-state index contributed by atoms with van der Waals surface area (Å²) in [4.78, 5) is 24.5. The third-order valence-electron chi connectivity index (χ3n) is 2.72. The third kappa shape index (κ3) is 3.83. The van der Waals surface area contributed by atoms with Gasteiger partial charge in [-0.2, -0.15) is 0 Å². The van der Waals surface area contributed by atoms with E-state index in [0.29, 0.717) is 21.5 Å². The molecule has 1 aliphatic rings. The Kier molecular flexibility index (Phi) is 4.98. The predicted molar refractivity (Wildman–Crippen MR) is 82.5 cm³/mol. The molecule has 110 valence electrons. The number of rotatable bonds is 5. The SMILES string of the molecule is CCN1C(=O)/C(=C/c2ccc(OCC(=O)[O-])cc2)SC1=S. The summed E-state index contributed by atoms with van der Waals surface area (Å²) >= 11 is 6.41. The van der Waals surface area contributed by atoms with Gasteiger partial charge in [0.1, 0.15) is 16.7 Å². The number of nitrogens with zero attached hydrogens (tertiary/aromatic N) is 1. The molecule has 1 aliphatic heterocycles. The van der Waals surface area contributed by atoms with Crippen LogP contribution in [0, 0.1) is 0 Å². The van der Waals surface area contributed by atoms with Crippen LogP contribution < -0.4 is 9.84 Å². The van der Waals surface area contributed by atoms with Crippen LogP contribution in [0.25, 0.3) is 6.08 Å². The topological polar surface area (TPSA) is 69.7 Å². The average Bonchev–Trinajstić information content (AvgIpc) is 2.72. The van der Waals surface area contributed by atoms with Crippen molar-refractivity contribution in [3.05, 3.63) is 34.7 Å². The minimum atomic E-state index is -1.28. The molecule has 0 aliphatic carbocycles. The molecular weight excluding hydrogens is 310 g/mol. The molecule has 0 saturated carbocycles. The van der Waals surface area contributed by atoms with E-state index in [1.165, 1.54) is 11.8 Å². The molecule has 1 fully saturated rings. The molecule has 0 unspecified atom stereocenters. The van der Waals surface area contributed by atoms with Gasteiger partial charge in [0.05, 0.1) is 10.9 Å². The van der Waals surface area contributed by atoms with Gasteiger partial charge >= 0.3 is 0 Å². The van der Waals surface area contributed by atoms with Crippen LogP contribution in [0.5, 0.6) is 5.75 Å². The van der Waals surface area contributed by atoms with Crippen molar-refractivity contribution in [1.82, 2.24) is 4.90 Å². The van der Waals surface area contributed by atoms with Crippen LogP contribution in [0.15, 0.2) is 29.2 Å². The van der Waals surface area contributed by atoms with E-state index in [4.69, 9.17) is 17.0 Å². The smallest absolute Gasteiger partial charge is 0.266 e. The lowest BCUT2D eigenvalue weighted by Crippen LogP contribution is -2.28. The average molecular weight is 322 g/mol. The molecule has 1 amide bonds. The first-order valence-corrected chi connectivity index (χ1v) is 7.42. The fourth-order valence-electron chi connectivity index (χ4n) is 1.73. The number of benzene rings is 1. The monoisotopic (exact) mass is 322 g/mol. The quantitative estimate of drug-likeness (QED) is 0.596. The Bertz CT molecular complexity index is 610. The van der Waals surface area contributed by atoms with Crippen molar-refractivity contribution in [3.63, 3.8) is 0 Å². The first-order valence-electron chi connectivity index (χ1n) is 6.19. The van der Waals surface area contributed by atoms with Crippen molar-refractivity contribution in [1.29, 1.82) is 0 Å². The second-order valence-electron chi connectivity index (χ2n) is 4.16. The van der Waals surface area contributed by atoms with Gasteiger partial charge in [0.2, 0.25) is 0 Å². The Labute approximate surface area is 131 Å². The number of thioether (sulfide) groups is 1. The highest BCUT2D eigenvalue weighted by Crippen LogP contribution is 2.32. The van der Waals surface area contributed by atoms with Crippen molar-refractivity contribution in [2.24, 2.45) is 0 Å². The standard InChI is InChI=1S/C14H13NO4S2/c1-2-15-13(18)11(21-14(15)20)7-9-3-5-10(6-4-9)19-8-12(16)17/h3-7H,2,8H2,1H3,(H,16,17)/p-1/b11-7-. The van der Waals surface area contributed by atoms with Gasteiger partial charge in [-0.1, -0.05) is 36.1 Å². The van der Waals surface area contributed by atoms with Gasteiger partial charge in [0.25, 0.3) is 5.91 Å². The van der Waals surface area contributed by atoms with E-state index in [1.54, 1.807) is 35.2 Å². The molecule has 0 radical (unpaired) electrons. The summed E-state index contributed by atoms with van der Waals surface area (Å²) in [5.41, 5.74) is 0.812. The maximum Gasteiger partial charge on any atom is 0.266 e. The van der Waals surface area contributed by atoms with E-state index in [9.17, 15) is 14.7 Å². The van der Waals surface area contributed by atoms with Crippen molar-refractivity contribution in [2.45, 2.75) is 6.92 Å². The molecule has 7 heteroatoms. The molecule has 0 N–H and O–H groups in total. The Morgan fingerprint density at radius 1 is 1.43 bits per heavy atom. The van der Waals surface area contributed by atoms with Crippen LogP contribution in [-0.2, 0) is 9.59 Å². The Morgan fingerprint density at radius 3 is 2.62 bits per heavy atom. The second-order valence-corrected chi connectivity index (χ2v) is 5.83. The van der Waals surface area contributed by atoms with Crippen LogP contribution in [0.2, 0.25) is 0 Å². The summed E-state index contributed by atoms with van der Waals surface area (Å²) in [5.74, 6) is -0.940. The highest BCUT2D eigenvalue weighted by atomic mass is 32.2. The number of hydrogen-bond acceptors (Lipinski definition) is 6. The summed E-state index contributed by atoms with van der Waals surface area (Å²) < 4.78 is 5.54. The summed E-state index contributed by atoms with van der Waals surface area (Å²) in [7, 11) is 0. The number of carbonyl (C=O) groups is 2. The number of carboxylic acid groups (broad SMARTS) is 1. The lowest BCUT2D eigenvalue weighted by molar-refractivity contribution is -0.307. The van der Waals surface area contributed by atoms with Crippen LogP contribution in [0.1, 0.15) is 12.5 Å². The third-order valence-corrected chi connectivity index (χ3v) is 4.10. The van der Waals surface area contributed by atoms with Crippen LogP contribution in [0.3, 0.4) is 0 Å². The van der Waals surface area contributed by atoms with Crippen LogP contribution in [0.4, 0.5) is 0 Å². The largest absolute Gasteiger partial charge is 0.546 e. The molecule has 0 spiro atoms. The number of likely N-dealkylation sites (N-methyl/N-ethyl adjacent to an activating group) is 1. The summed E-state index contributed by atoms with van der Waals surface area (Å²) in [6.07, 6.45) is 1.75. The highest BCUT2D eigenvalue weighted by molar-refractivity contribution is 8.26. The molecule has 1 heterocycles. The molecule has 0 atom stereocenters. The zero-order valence-corrected chi connectivity index (χ0v) is 12.8. The van der Waals surface area contributed by atoms with E-state index in [0.717, 1.165) is 5.56 Å². The van der Waals surface area contributed by atoms with Crippen molar-refractivity contribution >= 4 is 46.3 Å². The molecule has 1 aromatic carbocycles. The Balaban J connectivity index is 2.09. The Morgan fingerprint density at radius 2 is 2.10 bits per heavy atom. The first-order chi connectivity index (χ1) is 10.0. The van der Waals surface area contributed by atoms with E-state index < -0.39 is 12.6 Å². The van der Waals surface area contributed by atoms with Crippen molar-refractivity contribution in [2.75, 3.05) is 13.2 Å². The lowest BCUT2D eigenvalue weighted by atomic mass is 10.2. The van der Waals surface area contributed by atoms with E-state index >= 15 is 0 Å². The number of aliphatic carboxylic acids is 1. The number of carbonyl (C=O) groups excluding carboxylic acids is 2. The number of ether oxygens (including phenoxy) is 1. The number of hydrogen-bond donors (Lipinski definition) is 0. The minimum absolute atomic E-state index is 0.0928. The molecule has 2 rings (SSSR count). The Hall–Kier alpha value is -1.86. The fourth-order valence-corrected chi connectivity index (χ4v) is 3.11. The van der Waals surface area contributed by atoms with Gasteiger partial charge in [-0.25, -0.2) is 0 Å². The van der Waals surface area contributed by atoms with E-state index in [2.05, 4.69) is 0 Å². The molecule has 5 nitrogen and oxygen atoms in total. The van der Waals surface area contributed by atoms with Gasteiger partial charge < -0.3 is 14.6 Å². The summed E-state index contributed by atoms with van der Waals surface area (Å²) in [6, 6.07) is 6.75. The van der Waals surface area contributed by atoms with E-state index in [-0.39, 0.29) is 5.91 Å². The van der Waals surface area contributed by atoms with Gasteiger partial charge in [-0.3, -0.25) is 9.69 Å². The molecule has 21 heavy (non-hydrogen) atoms. The number of thiocarbonyl (C=S) groups is 1. The normalized spacial score (nSPS) is 16.6. The number of amides is 1. The molecule has 0 aromatic heterocycles. The first kappa shape index (κ1) is 15.5. The minimum Gasteiger partial charge on any atom is -0.546 e. The predicted octanol–water partition coefficient (Wildman–Crippen LogP) is 1.04. The molecule has 1 saturated heterocycles. The molecule has 0 bridgehead atoms. The highest BCUT2D eigenvalue weighted by Gasteiger charge is 2.30. The molecular formula is C14H12NO4S2-. The maximum atomic E-state index is 12.0. The summed E-state index contributed by atoms with van der Waals surface area (Å²) in [6.45, 7) is 1.93. The zero-order chi connectivity index (χ0) is 15.4. The van der Waals surface area contributed by atoms with Gasteiger partial charge in [-0.05, 0) is 30.7 Å². The van der Waals surface area contributed by atoms with Crippen LogP contribution in [-0.4, -0.2) is 34.2 Å². The maximum absolute atomic E-state index is 12.0. The van der Waals surface area contributed by atoms with Crippen molar-refractivity contribution in [3.8, 4) is 5.75 Å². The van der Waals surface area contributed by atoms with Gasteiger partial charge in [0.15, 0.2) is 0 Å². The van der Waals surface area contributed by atoms with Gasteiger partial charge in [0, 0.05) is 6.54 Å². The molecule has 1 aromatic rings.